The van der Waals surface area contributed by atoms with E-state index in [-0.39, 0.29) is 5.91 Å². The summed E-state index contributed by atoms with van der Waals surface area (Å²) in [5.74, 6) is 0.239. The number of ether oxygens (including phenoxy) is 2. The minimum absolute atomic E-state index is 0.226. The van der Waals surface area contributed by atoms with Gasteiger partial charge in [0.05, 0.1) is 19.8 Å². The molecule has 0 unspecified atom stereocenters. The highest BCUT2D eigenvalue weighted by molar-refractivity contribution is 5.92. The molecule has 1 aliphatic rings. The second kappa shape index (κ2) is 9.29. The fourth-order valence-electron chi connectivity index (χ4n) is 2.08. The topological polar surface area (TPSA) is 88.6 Å². The number of amides is 1. The average Bonchev–Trinajstić information content (AvgIpc) is 2.56. The average molecular weight is 309 g/mol. The lowest BCUT2D eigenvalue weighted by molar-refractivity contribution is 0.0398. The molecule has 0 spiro atoms. The van der Waals surface area contributed by atoms with Crippen LogP contribution in [-0.4, -0.2) is 80.4 Å². The van der Waals surface area contributed by atoms with Crippen molar-refractivity contribution in [3.8, 4) is 0 Å². The number of morpholine rings is 1. The van der Waals surface area contributed by atoms with Crippen molar-refractivity contribution in [1.82, 2.24) is 20.2 Å². The summed E-state index contributed by atoms with van der Waals surface area (Å²) in [6.07, 6.45) is 1.58. The molecular formula is C14H23N5O3. The van der Waals surface area contributed by atoms with Gasteiger partial charge in [-0.15, -0.1) is 0 Å². The molecule has 2 heterocycles. The van der Waals surface area contributed by atoms with Crippen molar-refractivity contribution >= 4 is 11.9 Å². The van der Waals surface area contributed by atoms with Gasteiger partial charge in [-0.3, -0.25) is 9.69 Å². The molecule has 122 valence electrons. The number of aromatic nitrogens is 2. The van der Waals surface area contributed by atoms with Gasteiger partial charge in [0.2, 0.25) is 5.95 Å². The van der Waals surface area contributed by atoms with Crippen molar-refractivity contribution in [1.29, 1.82) is 0 Å². The van der Waals surface area contributed by atoms with Crippen LogP contribution in [0.25, 0.3) is 0 Å². The Balaban J connectivity index is 1.76. The molecule has 0 radical (unpaired) electrons. The third-order valence-corrected chi connectivity index (χ3v) is 3.29. The molecule has 2 rings (SSSR count). The number of anilines is 1. The Labute approximate surface area is 130 Å². The Kier molecular flexibility index (Phi) is 7.01. The van der Waals surface area contributed by atoms with Crippen LogP contribution in [0.4, 0.5) is 5.95 Å². The lowest BCUT2D eigenvalue weighted by atomic mass is 10.4. The highest BCUT2D eigenvalue weighted by atomic mass is 16.5. The number of methoxy groups -OCH3 is 1. The summed E-state index contributed by atoms with van der Waals surface area (Å²) in [6, 6.07) is 1.59. The first-order valence-electron chi connectivity index (χ1n) is 7.44. The molecule has 1 aromatic heterocycles. The van der Waals surface area contributed by atoms with Crippen LogP contribution in [0.3, 0.4) is 0 Å². The van der Waals surface area contributed by atoms with E-state index in [0.29, 0.717) is 24.8 Å². The van der Waals surface area contributed by atoms with Gasteiger partial charge in [-0.05, 0) is 6.07 Å². The molecule has 22 heavy (non-hydrogen) atoms. The second-order valence-corrected chi connectivity index (χ2v) is 4.89. The quantitative estimate of drug-likeness (QED) is 0.631. The molecule has 8 heteroatoms. The zero-order valence-corrected chi connectivity index (χ0v) is 12.9. The first-order chi connectivity index (χ1) is 10.8. The third-order valence-electron chi connectivity index (χ3n) is 3.29. The number of hydrogen-bond acceptors (Lipinski definition) is 7. The number of nitrogens with zero attached hydrogens (tertiary/aromatic N) is 3. The van der Waals surface area contributed by atoms with Crippen LogP contribution in [0.15, 0.2) is 12.3 Å². The SMILES string of the molecule is COCCNC(=O)c1ccnc(NCCN2CCOCC2)n1. The van der Waals surface area contributed by atoms with E-state index >= 15 is 0 Å². The highest BCUT2D eigenvalue weighted by Gasteiger charge is 2.10. The largest absolute Gasteiger partial charge is 0.383 e. The molecule has 0 bridgehead atoms. The van der Waals surface area contributed by atoms with Crippen LogP contribution in [0.5, 0.6) is 0 Å². The van der Waals surface area contributed by atoms with E-state index < -0.39 is 0 Å². The first kappa shape index (κ1) is 16.6. The molecule has 1 aromatic rings. The summed E-state index contributed by atoms with van der Waals surface area (Å²) in [7, 11) is 1.59. The van der Waals surface area contributed by atoms with E-state index in [1.165, 1.54) is 0 Å². The van der Waals surface area contributed by atoms with Gasteiger partial charge in [0, 0.05) is 46.0 Å². The lowest BCUT2D eigenvalue weighted by Crippen LogP contribution is -2.39. The summed E-state index contributed by atoms with van der Waals surface area (Å²) < 4.78 is 10.2. The van der Waals surface area contributed by atoms with Crippen LogP contribution in [0.2, 0.25) is 0 Å². The van der Waals surface area contributed by atoms with Crippen molar-refractivity contribution in [2.75, 3.05) is 65.0 Å². The summed E-state index contributed by atoms with van der Waals surface area (Å²) in [5.41, 5.74) is 0.347. The summed E-state index contributed by atoms with van der Waals surface area (Å²) in [6.45, 7) is 6.03. The summed E-state index contributed by atoms with van der Waals surface area (Å²) in [4.78, 5) is 22.5. The van der Waals surface area contributed by atoms with Crippen molar-refractivity contribution < 1.29 is 14.3 Å². The zero-order chi connectivity index (χ0) is 15.6. The molecule has 8 nitrogen and oxygen atoms in total. The normalized spacial score (nSPS) is 15.5. The smallest absolute Gasteiger partial charge is 0.270 e. The Morgan fingerprint density at radius 2 is 2.23 bits per heavy atom. The van der Waals surface area contributed by atoms with Crippen LogP contribution in [0.1, 0.15) is 10.5 Å². The molecule has 2 N–H and O–H groups in total. The number of carbonyl (C=O) groups is 1. The summed E-state index contributed by atoms with van der Waals surface area (Å²) >= 11 is 0. The number of carbonyl (C=O) groups excluding carboxylic acids is 1. The van der Waals surface area contributed by atoms with Crippen LogP contribution in [0, 0.1) is 0 Å². The minimum atomic E-state index is -0.226. The van der Waals surface area contributed by atoms with Gasteiger partial charge in [-0.1, -0.05) is 0 Å². The van der Waals surface area contributed by atoms with E-state index in [2.05, 4.69) is 25.5 Å². The standard InChI is InChI=1S/C14H23N5O3/c1-21-9-5-15-13(20)12-2-3-16-14(18-12)17-4-6-19-7-10-22-11-8-19/h2-3H,4-11H2,1H3,(H,15,20)(H,16,17,18). The number of hydrogen-bond donors (Lipinski definition) is 2. The van der Waals surface area contributed by atoms with Gasteiger partial charge in [0.25, 0.3) is 5.91 Å². The van der Waals surface area contributed by atoms with E-state index in [9.17, 15) is 4.79 Å². The maximum atomic E-state index is 11.9. The summed E-state index contributed by atoms with van der Waals surface area (Å²) in [5, 5.41) is 5.88. The minimum Gasteiger partial charge on any atom is -0.383 e. The van der Waals surface area contributed by atoms with Crippen LogP contribution < -0.4 is 10.6 Å². The molecule has 0 saturated carbocycles. The number of rotatable bonds is 8. The molecule has 0 atom stereocenters. The van der Waals surface area contributed by atoms with Gasteiger partial charge in [-0.2, -0.15) is 0 Å². The highest BCUT2D eigenvalue weighted by Crippen LogP contribution is 2.01. The lowest BCUT2D eigenvalue weighted by Gasteiger charge is -2.26. The predicted molar refractivity (Wildman–Crippen MR) is 82.0 cm³/mol. The Morgan fingerprint density at radius 1 is 1.41 bits per heavy atom. The maximum Gasteiger partial charge on any atom is 0.270 e. The molecule has 0 aliphatic carbocycles. The van der Waals surface area contributed by atoms with Crippen molar-refractivity contribution in [3.05, 3.63) is 18.0 Å². The fourth-order valence-corrected chi connectivity index (χ4v) is 2.08. The molecule has 0 aromatic carbocycles. The van der Waals surface area contributed by atoms with Crippen molar-refractivity contribution in [3.63, 3.8) is 0 Å². The van der Waals surface area contributed by atoms with Crippen molar-refractivity contribution in [2.24, 2.45) is 0 Å². The van der Waals surface area contributed by atoms with Gasteiger partial charge in [0.15, 0.2) is 0 Å². The fraction of sp³-hybridized carbons (Fsp3) is 0.643. The van der Waals surface area contributed by atoms with E-state index in [4.69, 9.17) is 9.47 Å². The molecule has 1 aliphatic heterocycles. The number of nitrogens with one attached hydrogen (secondary N) is 2. The molecular weight excluding hydrogens is 286 g/mol. The molecule has 1 amide bonds. The first-order valence-corrected chi connectivity index (χ1v) is 7.44. The van der Waals surface area contributed by atoms with Gasteiger partial charge < -0.3 is 20.1 Å². The van der Waals surface area contributed by atoms with Gasteiger partial charge in [0.1, 0.15) is 5.69 Å². The second-order valence-electron chi connectivity index (χ2n) is 4.89. The van der Waals surface area contributed by atoms with Gasteiger partial charge >= 0.3 is 0 Å². The van der Waals surface area contributed by atoms with E-state index in [0.717, 1.165) is 39.4 Å². The van der Waals surface area contributed by atoms with Crippen LogP contribution >= 0.6 is 0 Å². The molecule has 1 saturated heterocycles. The maximum absolute atomic E-state index is 11.9. The Morgan fingerprint density at radius 3 is 3.00 bits per heavy atom. The Hall–Kier alpha value is -1.77. The van der Waals surface area contributed by atoms with Gasteiger partial charge in [-0.25, -0.2) is 9.97 Å². The van der Waals surface area contributed by atoms with Crippen LogP contribution in [-0.2, 0) is 9.47 Å². The third kappa shape index (κ3) is 5.55. The van der Waals surface area contributed by atoms with E-state index in [1.54, 1.807) is 19.4 Å². The van der Waals surface area contributed by atoms with E-state index in [1.807, 2.05) is 0 Å². The monoisotopic (exact) mass is 309 g/mol. The predicted octanol–water partition coefficient (Wildman–Crippen LogP) is -0.403. The molecule has 1 fully saturated rings. The zero-order valence-electron chi connectivity index (χ0n) is 12.9. The van der Waals surface area contributed by atoms with Crippen molar-refractivity contribution in [2.45, 2.75) is 0 Å². The Bertz CT molecular complexity index is 466.